The summed E-state index contributed by atoms with van der Waals surface area (Å²) < 4.78 is 3.10. The Hall–Kier alpha value is -3.26. The van der Waals surface area contributed by atoms with E-state index >= 15 is 0 Å². The summed E-state index contributed by atoms with van der Waals surface area (Å²) in [6.45, 7) is 5.52. The van der Waals surface area contributed by atoms with E-state index in [9.17, 15) is 14.9 Å². The summed E-state index contributed by atoms with van der Waals surface area (Å²) in [5.74, 6) is -0.496. The number of nitrogens with one attached hydrogen (secondary N) is 1. The third-order valence-electron chi connectivity index (χ3n) is 4.67. The molecule has 3 aromatic rings. The Labute approximate surface area is 176 Å². The predicted molar refractivity (Wildman–Crippen MR) is 116 cm³/mol. The molecule has 0 unspecified atom stereocenters. The highest BCUT2D eigenvalue weighted by Gasteiger charge is 2.17. The Morgan fingerprint density at radius 2 is 1.86 bits per heavy atom. The molecule has 0 bridgehead atoms. The van der Waals surface area contributed by atoms with Crippen molar-refractivity contribution in [2.75, 3.05) is 0 Å². The van der Waals surface area contributed by atoms with E-state index in [-0.39, 0.29) is 11.3 Å². The summed E-state index contributed by atoms with van der Waals surface area (Å²) in [6.07, 6.45) is 1.57. The number of benzene rings is 2. The minimum Gasteiger partial charge on any atom is -0.318 e. The normalized spacial score (nSPS) is 11.0. The number of carbonyl (C=O) groups is 1. The maximum atomic E-state index is 12.4. The van der Waals surface area contributed by atoms with Gasteiger partial charge in [0.15, 0.2) is 0 Å². The number of rotatable bonds is 5. The number of carbonyl (C=O) groups excluding carboxylic acids is 1. The van der Waals surface area contributed by atoms with Gasteiger partial charge in [-0.3, -0.25) is 14.9 Å². The number of hydrogen-bond donors (Lipinski definition) is 1. The Kier molecular flexibility index (Phi) is 5.93. The number of aromatic nitrogens is 1. The zero-order valence-corrected chi connectivity index (χ0v) is 17.7. The first-order valence-corrected chi connectivity index (χ1v) is 9.61. The Balaban J connectivity index is 1.80. The molecule has 2 aromatic carbocycles. The van der Waals surface area contributed by atoms with E-state index < -0.39 is 10.8 Å². The zero-order valence-electron chi connectivity index (χ0n) is 16.1. The summed E-state index contributed by atoms with van der Waals surface area (Å²) in [4.78, 5) is 22.9. The third-order valence-corrected chi connectivity index (χ3v) is 5.20. The van der Waals surface area contributed by atoms with Gasteiger partial charge in [-0.15, -0.1) is 0 Å². The molecule has 0 saturated carbocycles. The molecule has 0 saturated heterocycles. The van der Waals surface area contributed by atoms with Crippen molar-refractivity contribution in [3.8, 4) is 5.69 Å². The van der Waals surface area contributed by atoms with Gasteiger partial charge >= 0.3 is 0 Å². The molecule has 0 aliphatic heterocycles. The second-order valence-electron chi connectivity index (χ2n) is 6.54. The average molecular weight is 455 g/mol. The molecular weight excluding hydrogens is 436 g/mol. The van der Waals surface area contributed by atoms with Crippen LogP contribution in [0, 0.1) is 30.9 Å². The van der Waals surface area contributed by atoms with Crippen molar-refractivity contribution in [3.63, 3.8) is 0 Å². The smallest absolute Gasteiger partial charge is 0.273 e. The van der Waals surface area contributed by atoms with Crippen LogP contribution in [-0.4, -0.2) is 21.6 Å². The van der Waals surface area contributed by atoms with E-state index in [1.807, 2.05) is 44.2 Å². The van der Waals surface area contributed by atoms with Crippen LogP contribution in [-0.2, 0) is 0 Å². The highest BCUT2D eigenvalue weighted by Crippen LogP contribution is 2.22. The molecule has 1 N–H and O–H groups in total. The molecule has 1 amide bonds. The summed E-state index contributed by atoms with van der Waals surface area (Å²) in [6, 6.07) is 14.3. The van der Waals surface area contributed by atoms with E-state index in [0.29, 0.717) is 5.56 Å². The topological polar surface area (TPSA) is 89.5 Å². The first kappa shape index (κ1) is 20.5. The van der Waals surface area contributed by atoms with Crippen molar-refractivity contribution in [2.45, 2.75) is 20.8 Å². The number of hydrazone groups is 1. The van der Waals surface area contributed by atoms with E-state index in [1.165, 1.54) is 18.2 Å². The molecule has 0 spiro atoms. The van der Waals surface area contributed by atoms with Gasteiger partial charge in [0.25, 0.3) is 11.6 Å². The van der Waals surface area contributed by atoms with Gasteiger partial charge in [-0.25, -0.2) is 5.43 Å². The van der Waals surface area contributed by atoms with E-state index in [2.05, 4.69) is 31.0 Å². The summed E-state index contributed by atoms with van der Waals surface area (Å²) in [7, 11) is 0. The molecule has 3 rings (SSSR count). The molecule has 0 atom stereocenters. The van der Waals surface area contributed by atoms with Crippen molar-refractivity contribution in [2.24, 2.45) is 5.10 Å². The lowest BCUT2D eigenvalue weighted by Gasteiger charge is -2.09. The lowest BCUT2D eigenvalue weighted by atomic mass is 10.1. The number of amides is 1. The molecule has 0 radical (unpaired) electrons. The highest BCUT2D eigenvalue weighted by molar-refractivity contribution is 9.10. The van der Waals surface area contributed by atoms with Crippen molar-refractivity contribution >= 4 is 33.7 Å². The molecular formula is C21H19BrN4O3. The molecule has 7 nitrogen and oxygen atoms in total. The van der Waals surface area contributed by atoms with Gasteiger partial charge < -0.3 is 4.57 Å². The van der Waals surface area contributed by atoms with Gasteiger partial charge in [-0.2, -0.15) is 5.10 Å². The minimum absolute atomic E-state index is 0.0975. The van der Waals surface area contributed by atoms with Crippen LogP contribution in [0.25, 0.3) is 5.69 Å². The van der Waals surface area contributed by atoms with E-state index in [0.717, 1.165) is 27.1 Å². The second-order valence-corrected chi connectivity index (χ2v) is 7.46. The second kappa shape index (κ2) is 8.40. The standard InChI is InChI=1S/C21H19BrN4O3/c1-13-11-16(15(3)25(13)18-9-7-17(22)8-10-18)12-23-24-21(27)19-5-4-6-20(14(19)2)26(28)29/h4-12H,1-3H3,(H,24,27)/b23-12-. The lowest BCUT2D eigenvalue weighted by molar-refractivity contribution is -0.385. The predicted octanol–water partition coefficient (Wildman–Crippen LogP) is 4.84. The molecule has 0 aliphatic rings. The van der Waals surface area contributed by atoms with E-state index in [1.54, 1.807) is 13.1 Å². The third kappa shape index (κ3) is 4.27. The molecule has 1 heterocycles. The average Bonchev–Trinajstić information content (AvgIpc) is 2.96. The SMILES string of the molecule is Cc1c(C(=O)N/N=C\c2cc(C)n(-c3ccc(Br)cc3)c2C)cccc1[N+](=O)[O-]. The van der Waals surface area contributed by atoms with Crippen LogP contribution in [0.3, 0.4) is 0 Å². The van der Waals surface area contributed by atoms with Crippen molar-refractivity contribution < 1.29 is 9.72 Å². The van der Waals surface area contributed by atoms with Crippen LogP contribution in [0.4, 0.5) is 5.69 Å². The van der Waals surface area contributed by atoms with Crippen molar-refractivity contribution in [1.29, 1.82) is 0 Å². The van der Waals surface area contributed by atoms with Gasteiger partial charge in [0, 0.05) is 38.7 Å². The van der Waals surface area contributed by atoms with Gasteiger partial charge in [-0.05, 0) is 57.2 Å². The van der Waals surface area contributed by atoms with Crippen molar-refractivity contribution in [1.82, 2.24) is 9.99 Å². The maximum Gasteiger partial charge on any atom is 0.273 e. The molecule has 148 valence electrons. The first-order chi connectivity index (χ1) is 13.8. The molecule has 8 heteroatoms. The fraction of sp³-hybridized carbons (Fsp3) is 0.143. The zero-order chi connectivity index (χ0) is 21.1. The maximum absolute atomic E-state index is 12.4. The fourth-order valence-corrected chi connectivity index (χ4v) is 3.46. The van der Waals surface area contributed by atoms with Crippen LogP contribution in [0.2, 0.25) is 0 Å². The first-order valence-electron chi connectivity index (χ1n) is 8.82. The van der Waals surface area contributed by atoms with Crippen LogP contribution in [0.5, 0.6) is 0 Å². The molecule has 29 heavy (non-hydrogen) atoms. The van der Waals surface area contributed by atoms with Crippen LogP contribution in [0.1, 0.15) is 32.9 Å². The minimum atomic E-state index is -0.508. The van der Waals surface area contributed by atoms with Gasteiger partial charge in [0.05, 0.1) is 16.7 Å². The quantitative estimate of drug-likeness (QED) is 0.339. The van der Waals surface area contributed by atoms with Gasteiger partial charge in [0.2, 0.25) is 0 Å². The van der Waals surface area contributed by atoms with Crippen LogP contribution in [0.15, 0.2) is 58.1 Å². The molecule has 0 fully saturated rings. The number of hydrogen-bond acceptors (Lipinski definition) is 4. The summed E-state index contributed by atoms with van der Waals surface area (Å²) in [5.41, 5.74) is 6.78. The summed E-state index contributed by atoms with van der Waals surface area (Å²) in [5, 5.41) is 15.1. The molecule has 0 aliphatic carbocycles. The number of nitrogens with zero attached hydrogens (tertiary/aromatic N) is 3. The number of halogens is 1. The fourth-order valence-electron chi connectivity index (χ4n) is 3.19. The number of aryl methyl sites for hydroxylation is 1. The van der Waals surface area contributed by atoms with Crippen LogP contribution < -0.4 is 5.43 Å². The largest absolute Gasteiger partial charge is 0.318 e. The number of nitro benzene ring substituents is 1. The van der Waals surface area contributed by atoms with Crippen LogP contribution >= 0.6 is 15.9 Å². The summed E-state index contributed by atoms with van der Waals surface area (Å²) >= 11 is 3.44. The molecule has 1 aromatic heterocycles. The monoisotopic (exact) mass is 454 g/mol. The Morgan fingerprint density at radius 3 is 2.52 bits per heavy atom. The Bertz CT molecular complexity index is 1120. The Morgan fingerprint density at radius 1 is 1.17 bits per heavy atom. The highest BCUT2D eigenvalue weighted by atomic mass is 79.9. The lowest BCUT2D eigenvalue weighted by Crippen LogP contribution is -2.19. The van der Waals surface area contributed by atoms with Gasteiger partial charge in [-0.1, -0.05) is 22.0 Å². The number of nitro groups is 1. The van der Waals surface area contributed by atoms with E-state index in [4.69, 9.17) is 0 Å². The van der Waals surface area contributed by atoms with Crippen molar-refractivity contribution in [3.05, 3.63) is 91.2 Å². The van der Waals surface area contributed by atoms with Gasteiger partial charge in [0.1, 0.15) is 0 Å².